The average Bonchev–Trinajstić information content (AvgIpc) is 2.64. The Morgan fingerprint density at radius 2 is 1.69 bits per heavy atom. The Morgan fingerprint density at radius 3 is 2.35 bits per heavy atom. The Balaban J connectivity index is 1.52. The molecule has 6 heteroatoms. The third kappa shape index (κ3) is 4.75. The van der Waals surface area contributed by atoms with Crippen molar-refractivity contribution >= 4 is 17.6 Å². The first kappa shape index (κ1) is 18.7. The van der Waals surface area contributed by atoms with Crippen LogP contribution >= 0.6 is 0 Å². The number of amides is 3. The summed E-state index contributed by atoms with van der Waals surface area (Å²) in [6.07, 6.45) is 5.20. The van der Waals surface area contributed by atoms with E-state index < -0.39 is 6.10 Å². The first-order valence-corrected chi connectivity index (χ1v) is 9.68. The lowest BCUT2D eigenvalue weighted by Crippen LogP contribution is -2.46. The quantitative estimate of drug-likeness (QED) is 0.776. The first-order valence-electron chi connectivity index (χ1n) is 9.68. The van der Waals surface area contributed by atoms with Crippen LogP contribution in [0.1, 0.15) is 55.8 Å². The van der Waals surface area contributed by atoms with Gasteiger partial charge in [0.2, 0.25) is 0 Å². The predicted molar refractivity (Wildman–Crippen MR) is 101 cm³/mol. The molecule has 1 heterocycles. The van der Waals surface area contributed by atoms with Gasteiger partial charge < -0.3 is 20.6 Å². The molecule has 2 fully saturated rings. The molecular weight excluding hydrogens is 330 g/mol. The molecule has 1 aliphatic carbocycles. The molecule has 3 N–H and O–H groups in total. The molecule has 2 unspecified atom stereocenters. The number of carbonyl (C=O) groups is 2. The maximum absolute atomic E-state index is 12.5. The Morgan fingerprint density at radius 1 is 1.04 bits per heavy atom. The second kappa shape index (κ2) is 8.54. The van der Waals surface area contributed by atoms with E-state index in [1.165, 1.54) is 0 Å². The molecule has 1 aromatic rings. The normalized spacial score (nSPS) is 24.2. The molecule has 0 spiro atoms. The number of anilines is 1. The number of urea groups is 1. The predicted octanol–water partition coefficient (Wildman–Crippen LogP) is 2.98. The number of aliphatic hydroxyl groups excluding tert-OH is 1. The molecule has 2 atom stereocenters. The number of nitrogens with one attached hydrogen (secondary N) is 2. The van der Waals surface area contributed by atoms with E-state index >= 15 is 0 Å². The zero-order chi connectivity index (χ0) is 18.5. The van der Waals surface area contributed by atoms with Crippen LogP contribution in [-0.2, 0) is 0 Å². The number of piperidine rings is 1. The van der Waals surface area contributed by atoms with Gasteiger partial charge >= 0.3 is 6.03 Å². The summed E-state index contributed by atoms with van der Waals surface area (Å²) in [6.45, 7) is 3.85. The van der Waals surface area contributed by atoms with Gasteiger partial charge in [-0.15, -0.1) is 0 Å². The summed E-state index contributed by atoms with van der Waals surface area (Å²) in [7, 11) is 0. The molecule has 0 bridgehead atoms. The molecule has 1 saturated heterocycles. The van der Waals surface area contributed by atoms with Crippen LogP contribution in [0.25, 0.3) is 0 Å². The van der Waals surface area contributed by atoms with Crippen molar-refractivity contribution in [2.45, 2.75) is 57.6 Å². The Hall–Kier alpha value is -2.08. The highest BCUT2D eigenvalue weighted by Gasteiger charge is 2.24. The van der Waals surface area contributed by atoms with Gasteiger partial charge in [-0.1, -0.05) is 19.8 Å². The van der Waals surface area contributed by atoms with Gasteiger partial charge in [-0.05, 0) is 55.9 Å². The van der Waals surface area contributed by atoms with E-state index in [4.69, 9.17) is 0 Å². The van der Waals surface area contributed by atoms with Crippen LogP contribution in [0, 0.1) is 5.92 Å². The van der Waals surface area contributed by atoms with E-state index in [2.05, 4.69) is 17.6 Å². The molecule has 26 heavy (non-hydrogen) atoms. The summed E-state index contributed by atoms with van der Waals surface area (Å²) < 4.78 is 0. The fourth-order valence-corrected chi connectivity index (χ4v) is 3.71. The van der Waals surface area contributed by atoms with Gasteiger partial charge in [-0.25, -0.2) is 4.79 Å². The lowest BCUT2D eigenvalue weighted by atomic mass is 9.93. The molecular formula is C20H29N3O3. The van der Waals surface area contributed by atoms with E-state index in [1.807, 2.05) is 4.90 Å². The van der Waals surface area contributed by atoms with E-state index in [1.54, 1.807) is 24.3 Å². The van der Waals surface area contributed by atoms with Gasteiger partial charge in [0.1, 0.15) is 0 Å². The second-order valence-electron chi connectivity index (χ2n) is 7.61. The van der Waals surface area contributed by atoms with Crippen molar-refractivity contribution < 1.29 is 14.7 Å². The molecule has 1 saturated carbocycles. The minimum absolute atomic E-state index is 0.0539. The fraction of sp³-hybridized carbons (Fsp3) is 0.600. The van der Waals surface area contributed by atoms with Crippen molar-refractivity contribution in [3.63, 3.8) is 0 Å². The maximum atomic E-state index is 12.5. The highest BCUT2D eigenvalue weighted by atomic mass is 16.3. The summed E-state index contributed by atoms with van der Waals surface area (Å²) in [6, 6.07) is 6.50. The summed E-state index contributed by atoms with van der Waals surface area (Å²) in [5, 5.41) is 15.5. The van der Waals surface area contributed by atoms with Crippen LogP contribution in [0.15, 0.2) is 24.3 Å². The molecule has 3 amide bonds. The van der Waals surface area contributed by atoms with Crippen molar-refractivity contribution in [2.75, 3.05) is 18.4 Å². The van der Waals surface area contributed by atoms with Crippen molar-refractivity contribution in [1.82, 2.24) is 10.2 Å². The first-order chi connectivity index (χ1) is 12.5. The van der Waals surface area contributed by atoms with E-state index in [0.29, 0.717) is 17.2 Å². The standard InChI is InChI=1S/C20H29N3O3/c1-14-10-12-23(13-11-14)19(25)15-6-8-16(9-7-15)21-20(26)22-17-4-2-3-5-18(17)24/h6-9,14,17-18,24H,2-5,10-13H2,1H3,(H2,21,22,26). The third-order valence-electron chi connectivity index (χ3n) is 5.51. The van der Waals surface area contributed by atoms with Crippen molar-refractivity contribution in [3.05, 3.63) is 29.8 Å². The highest BCUT2D eigenvalue weighted by molar-refractivity contribution is 5.95. The molecule has 6 nitrogen and oxygen atoms in total. The van der Waals surface area contributed by atoms with Crippen LogP contribution in [0.2, 0.25) is 0 Å². The minimum Gasteiger partial charge on any atom is -0.391 e. The van der Waals surface area contributed by atoms with Crippen LogP contribution in [0.3, 0.4) is 0 Å². The Labute approximate surface area is 155 Å². The minimum atomic E-state index is -0.471. The molecule has 3 rings (SSSR count). The van der Waals surface area contributed by atoms with Gasteiger partial charge in [0.05, 0.1) is 12.1 Å². The highest BCUT2D eigenvalue weighted by Crippen LogP contribution is 2.20. The number of nitrogens with zero attached hydrogens (tertiary/aromatic N) is 1. The molecule has 2 aliphatic rings. The fourth-order valence-electron chi connectivity index (χ4n) is 3.71. The zero-order valence-corrected chi connectivity index (χ0v) is 15.4. The smallest absolute Gasteiger partial charge is 0.319 e. The summed E-state index contributed by atoms with van der Waals surface area (Å²) in [5.74, 6) is 0.741. The summed E-state index contributed by atoms with van der Waals surface area (Å²) in [5.41, 5.74) is 1.28. The zero-order valence-electron chi connectivity index (χ0n) is 15.4. The van der Waals surface area contributed by atoms with E-state index in [9.17, 15) is 14.7 Å². The molecule has 0 aromatic heterocycles. The topological polar surface area (TPSA) is 81.7 Å². The van der Waals surface area contributed by atoms with Crippen LogP contribution in [0.4, 0.5) is 10.5 Å². The van der Waals surface area contributed by atoms with Gasteiger partial charge in [-0.2, -0.15) is 0 Å². The molecule has 1 aromatic carbocycles. The van der Waals surface area contributed by atoms with E-state index in [0.717, 1.165) is 51.6 Å². The van der Waals surface area contributed by atoms with Crippen LogP contribution in [0.5, 0.6) is 0 Å². The van der Waals surface area contributed by atoms with Crippen molar-refractivity contribution in [2.24, 2.45) is 5.92 Å². The van der Waals surface area contributed by atoms with Gasteiger partial charge in [-0.3, -0.25) is 4.79 Å². The van der Waals surface area contributed by atoms with Gasteiger partial charge in [0.25, 0.3) is 5.91 Å². The summed E-state index contributed by atoms with van der Waals surface area (Å²) >= 11 is 0. The number of hydrogen-bond acceptors (Lipinski definition) is 3. The number of benzene rings is 1. The lowest BCUT2D eigenvalue weighted by Gasteiger charge is -2.30. The van der Waals surface area contributed by atoms with Gasteiger partial charge in [0, 0.05) is 24.3 Å². The van der Waals surface area contributed by atoms with Crippen molar-refractivity contribution in [3.8, 4) is 0 Å². The number of aliphatic hydroxyl groups is 1. The number of rotatable bonds is 3. The van der Waals surface area contributed by atoms with E-state index in [-0.39, 0.29) is 18.0 Å². The Bertz CT molecular complexity index is 624. The maximum Gasteiger partial charge on any atom is 0.319 e. The summed E-state index contributed by atoms with van der Waals surface area (Å²) in [4.78, 5) is 26.6. The molecule has 0 radical (unpaired) electrons. The Kier molecular flexibility index (Phi) is 6.14. The SMILES string of the molecule is CC1CCN(C(=O)c2ccc(NC(=O)NC3CCCCC3O)cc2)CC1. The number of carbonyl (C=O) groups excluding carboxylic acids is 2. The van der Waals surface area contributed by atoms with Crippen molar-refractivity contribution in [1.29, 1.82) is 0 Å². The van der Waals surface area contributed by atoms with Gasteiger partial charge in [0.15, 0.2) is 0 Å². The van der Waals surface area contributed by atoms with Crippen LogP contribution in [-0.4, -0.2) is 47.2 Å². The number of hydrogen-bond donors (Lipinski definition) is 3. The molecule has 142 valence electrons. The lowest BCUT2D eigenvalue weighted by molar-refractivity contribution is 0.0697. The van der Waals surface area contributed by atoms with Crippen LogP contribution < -0.4 is 10.6 Å². The average molecular weight is 359 g/mol. The molecule has 1 aliphatic heterocycles. The second-order valence-corrected chi connectivity index (χ2v) is 7.61. The largest absolute Gasteiger partial charge is 0.391 e. The monoisotopic (exact) mass is 359 g/mol. The third-order valence-corrected chi connectivity index (χ3v) is 5.51. The number of likely N-dealkylation sites (tertiary alicyclic amines) is 1.